The number of hydrogen-bond donors (Lipinski definition) is 1. The Morgan fingerprint density at radius 1 is 1.16 bits per heavy atom. The van der Waals surface area contributed by atoms with Crippen molar-refractivity contribution in [3.8, 4) is 5.75 Å². The first-order valence-corrected chi connectivity index (χ1v) is 8.10. The maximum absolute atomic E-state index is 12.7. The number of aromatic nitrogens is 1. The number of rotatable bonds is 7. The number of nitrogens with zero attached hydrogens (tertiary/aromatic N) is 2. The fraction of sp³-hybridized carbons (Fsp3) is 0.316. The van der Waals surface area contributed by atoms with Gasteiger partial charge in [-0.3, -0.25) is 4.79 Å². The molecule has 0 radical (unpaired) electrons. The summed E-state index contributed by atoms with van der Waals surface area (Å²) in [5.74, 6) is -0.634. The second-order valence-electron chi connectivity index (χ2n) is 5.71. The van der Waals surface area contributed by atoms with E-state index in [2.05, 4.69) is 4.98 Å². The Kier molecular flexibility index (Phi) is 6.11. The van der Waals surface area contributed by atoms with Crippen molar-refractivity contribution in [3.63, 3.8) is 0 Å². The fourth-order valence-corrected chi connectivity index (χ4v) is 2.69. The lowest BCUT2D eigenvalue weighted by Gasteiger charge is -2.28. The number of carbonyl (C=O) groups excluding carboxylic acids is 1. The third-order valence-corrected chi connectivity index (χ3v) is 4.01. The molecule has 2 aromatic rings. The molecule has 1 heterocycles. The van der Waals surface area contributed by atoms with Crippen molar-refractivity contribution < 1.29 is 19.4 Å². The zero-order valence-corrected chi connectivity index (χ0v) is 14.6. The number of carboxylic acids is 1. The Morgan fingerprint density at radius 2 is 1.80 bits per heavy atom. The Bertz CT molecular complexity index is 743. The number of methoxy groups -OCH3 is 1. The number of ether oxygens (including phenoxy) is 1. The first-order chi connectivity index (χ1) is 12.0. The molecule has 0 aliphatic carbocycles. The molecule has 1 aromatic heterocycles. The van der Waals surface area contributed by atoms with Crippen LogP contribution in [-0.4, -0.2) is 46.6 Å². The van der Waals surface area contributed by atoms with Crippen LogP contribution in [0.4, 0.5) is 0 Å². The van der Waals surface area contributed by atoms with Gasteiger partial charge in [0.2, 0.25) is 0 Å². The second-order valence-corrected chi connectivity index (χ2v) is 5.71. The summed E-state index contributed by atoms with van der Waals surface area (Å²) in [6.45, 7) is 4.37. The smallest absolute Gasteiger partial charge is 0.354 e. The van der Waals surface area contributed by atoms with Crippen LogP contribution in [0.5, 0.6) is 5.75 Å². The van der Waals surface area contributed by atoms with Gasteiger partial charge in [0.05, 0.1) is 7.11 Å². The number of carbonyl (C=O) groups is 2. The number of amides is 1. The lowest BCUT2D eigenvalue weighted by Crippen LogP contribution is -2.40. The number of likely N-dealkylation sites (N-methyl/N-ethyl adjacent to an activating group) is 1. The summed E-state index contributed by atoms with van der Waals surface area (Å²) in [5, 5.41) is 9.04. The Morgan fingerprint density at radius 3 is 2.36 bits per heavy atom. The summed E-state index contributed by atoms with van der Waals surface area (Å²) in [4.78, 5) is 29.4. The van der Waals surface area contributed by atoms with E-state index < -0.39 is 5.97 Å². The van der Waals surface area contributed by atoms with Crippen LogP contribution in [0.2, 0.25) is 0 Å². The zero-order valence-electron chi connectivity index (χ0n) is 14.6. The molecule has 6 heteroatoms. The Balaban J connectivity index is 2.15. The van der Waals surface area contributed by atoms with E-state index in [1.165, 1.54) is 18.2 Å². The Labute approximate surface area is 147 Å². The largest absolute Gasteiger partial charge is 0.497 e. The van der Waals surface area contributed by atoms with Crippen LogP contribution in [0.15, 0.2) is 42.5 Å². The van der Waals surface area contributed by atoms with Crippen molar-refractivity contribution in [1.82, 2.24) is 9.88 Å². The predicted octanol–water partition coefficient (Wildman–Crippen LogP) is 2.88. The molecule has 0 aliphatic heterocycles. The van der Waals surface area contributed by atoms with Crippen molar-refractivity contribution in [2.24, 2.45) is 0 Å². The van der Waals surface area contributed by atoms with Gasteiger partial charge in [0.15, 0.2) is 0 Å². The molecule has 1 N–H and O–H groups in total. The maximum Gasteiger partial charge on any atom is 0.354 e. The van der Waals surface area contributed by atoms with Crippen molar-refractivity contribution >= 4 is 11.9 Å². The zero-order chi connectivity index (χ0) is 18.4. The summed E-state index contributed by atoms with van der Waals surface area (Å²) in [6, 6.07) is 12.1. The number of benzene rings is 1. The van der Waals surface area contributed by atoms with E-state index >= 15 is 0 Å². The van der Waals surface area contributed by atoms with Gasteiger partial charge in [0.1, 0.15) is 17.1 Å². The highest BCUT2D eigenvalue weighted by atomic mass is 16.5. The first kappa shape index (κ1) is 18.4. The molecule has 0 saturated heterocycles. The normalized spacial score (nSPS) is 11.6. The Hall–Kier alpha value is -2.89. The molecular weight excluding hydrogens is 320 g/mol. The van der Waals surface area contributed by atoms with Crippen molar-refractivity contribution in [2.75, 3.05) is 13.7 Å². The van der Waals surface area contributed by atoms with Crippen molar-refractivity contribution in [2.45, 2.75) is 26.3 Å². The first-order valence-electron chi connectivity index (χ1n) is 8.10. The maximum atomic E-state index is 12.7. The lowest BCUT2D eigenvalue weighted by molar-refractivity contribution is 0.0687. The van der Waals surface area contributed by atoms with Crippen LogP contribution in [0.3, 0.4) is 0 Å². The molecule has 0 spiro atoms. The minimum absolute atomic E-state index is 0.0545. The van der Waals surface area contributed by atoms with Crippen molar-refractivity contribution in [3.05, 3.63) is 59.4 Å². The standard InChI is InChI=1S/C19H22N2O4/c1-4-21(13(2)12-14-8-10-15(25-3)11-9-14)18(22)16-6-5-7-17(20-16)19(23)24/h5-11,13H,4,12H2,1-3H3,(H,23,24)/t13-/m0/s1. The quantitative estimate of drug-likeness (QED) is 0.837. The van der Waals surface area contributed by atoms with E-state index in [0.29, 0.717) is 13.0 Å². The van der Waals surface area contributed by atoms with Gasteiger partial charge in [0.25, 0.3) is 5.91 Å². The van der Waals surface area contributed by atoms with E-state index in [1.807, 2.05) is 38.1 Å². The molecule has 1 atom stereocenters. The highest BCUT2D eigenvalue weighted by Gasteiger charge is 2.22. The number of hydrogen-bond acceptors (Lipinski definition) is 4. The molecule has 0 fully saturated rings. The van der Waals surface area contributed by atoms with E-state index in [9.17, 15) is 9.59 Å². The average Bonchev–Trinajstić information content (AvgIpc) is 2.63. The molecular formula is C19H22N2O4. The highest BCUT2D eigenvalue weighted by Crippen LogP contribution is 2.16. The number of pyridine rings is 1. The van der Waals surface area contributed by atoms with Gasteiger partial charge < -0.3 is 14.7 Å². The van der Waals surface area contributed by atoms with E-state index in [-0.39, 0.29) is 23.3 Å². The molecule has 1 aromatic carbocycles. The van der Waals surface area contributed by atoms with Crippen LogP contribution >= 0.6 is 0 Å². The average molecular weight is 342 g/mol. The van der Waals surface area contributed by atoms with Crippen LogP contribution < -0.4 is 4.74 Å². The minimum Gasteiger partial charge on any atom is -0.497 e. The fourth-order valence-electron chi connectivity index (χ4n) is 2.69. The summed E-state index contributed by atoms with van der Waals surface area (Å²) >= 11 is 0. The van der Waals surface area contributed by atoms with E-state index in [0.717, 1.165) is 11.3 Å². The monoisotopic (exact) mass is 342 g/mol. The van der Waals surface area contributed by atoms with Gasteiger partial charge in [-0.2, -0.15) is 0 Å². The summed E-state index contributed by atoms with van der Waals surface area (Å²) in [7, 11) is 1.62. The predicted molar refractivity (Wildman–Crippen MR) is 94.1 cm³/mol. The van der Waals surface area contributed by atoms with Gasteiger partial charge >= 0.3 is 5.97 Å². The van der Waals surface area contributed by atoms with Crippen LogP contribution in [-0.2, 0) is 6.42 Å². The summed E-state index contributed by atoms with van der Waals surface area (Å²) < 4.78 is 5.15. The minimum atomic E-state index is -1.15. The molecule has 132 valence electrons. The summed E-state index contributed by atoms with van der Waals surface area (Å²) in [6.07, 6.45) is 0.683. The van der Waals surface area contributed by atoms with Crippen molar-refractivity contribution in [1.29, 1.82) is 0 Å². The molecule has 1 amide bonds. The molecule has 0 saturated carbocycles. The molecule has 0 bridgehead atoms. The molecule has 0 unspecified atom stereocenters. The molecule has 25 heavy (non-hydrogen) atoms. The topological polar surface area (TPSA) is 79.7 Å². The highest BCUT2D eigenvalue weighted by molar-refractivity contribution is 5.94. The SMILES string of the molecule is CCN(C(=O)c1cccc(C(=O)O)n1)[C@@H](C)Cc1ccc(OC)cc1. The molecule has 2 rings (SSSR count). The van der Waals surface area contributed by atoms with E-state index in [1.54, 1.807) is 12.0 Å². The van der Waals surface area contributed by atoms with Gasteiger partial charge in [0, 0.05) is 12.6 Å². The number of carboxylic acid groups (broad SMARTS) is 1. The van der Waals surface area contributed by atoms with Gasteiger partial charge in [-0.25, -0.2) is 9.78 Å². The van der Waals surface area contributed by atoms with Crippen LogP contribution in [0.1, 0.15) is 40.4 Å². The van der Waals surface area contributed by atoms with E-state index in [4.69, 9.17) is 9.84 Å². The van der Waals surface area contributed by atoms with Gasteiger partial charge in [-0.15, -0.1) is 0 Å². The summed E-state index contributed by atoms with van der Waals surface area (Å²) in [5.41, 5.74) is 1.10. The van der Waals surface area contributed by atoms with Gasteiger partial charge in [-0.1, -0.05) is 18.2 Å². The molecule has 0 aliphatic rings. The van der Waals surface area contributed by atoms with Crippen LogP contribution in [0.25, 0.3) is 0 Å². The van der Waals surface area contributed by atoms with Gasteiger partial charge in [-0.05, 0) is 50.1 Å². The third kappa shape index (κ3) is 4.56. The lowest BCUT2D eigenvalue weighted by atomic mass is 10.1. The number of aromatic carboxylic acids is 1. The molecule has 6 nitrogen and oxygen atoms in total. The second kappa shape index (κ2) is 8.28. The third-order valence-electron chi connectivity index (χ3n) is 4.01. The van der Waals surface area contributed by atoms with Crippen LogP contribution in [0, 0.1) is 0 Å².